The van der Waals surface area contributed by atoms with Crippen LogP contribution in [-0.4, -0.2) is 55.0 Å². The van der Waals surface area contributed by atoms with Gasteiger partial charge < -0.3 is 18.9 Å². The lowest BCUT2D eigenvalue weighted by molar-refractivity contribution is -0.164. The highest BCUT2D eigenvalue weighted by Gasteiger charge is 2.59. The van der Waals surface area contributed by atoms with E-state index in [4.69, 9.17) is 23.1 Å². The van der Waals surface area contributed by atoms with Gasteiger partial charge in [0, 0.05) is 25.6 Å². The first kappa shape index (κ1) is 33.9. The minimum Gasteiger partial charge on any atom is -0.455 e. The lowest BCUT2D eigenvalue weighted by atomic mass is 9.92. The third kappa shape index (κ3) is 8.50. The summed E-state index contributed by atoms with van der Waals surface area (Å²) in [6.07, 6.45) is -2.46. The number of hydrogen-bond acceptors (Lipinski definition) is 10. The van der Waals surface area contributed by atoms with E-state index in [2.05, 4.69) is 4.98 Å². The molecule has 0 amide bonds. The maximum atomic E-state index is 13.1. The number of esters is 1. The van der Waals surface area contributed by atoms with Gasteiger partial charge in [0.25, 0.3) is 15.7 Å². The van der Waals surface area contributed by atoms with Crippen molar-refractivity contribution >= 4 is 16.1 Å². The molecule has 47 heavy (non-hydrogen) atoms. The van der Waals surface area contributed by atoms with Gasteiger partial charge in [-0.1, -0.05) is 78.4 Å². The normalized spacial score (nSPS) is 21.0. The Morgan fingerprint density at radius 2 is 1.55 bits per heavy atom. The zero-order valence-electron chi connectivity index (χ0n) is 25.9. The van der Waals surface area contributed by atoms with Crippen LogP contribution in [0.1, 0.15) is 36.3 Å². The van der Waals surface area contributed by atoms with Crippen LogP contribution in [0.3, 0.4) is 0 Å². The van der Waals surface area contributed by atoms with Gasteiger partial charge in [0.1, 0.15) is 11.7 Å². The summed E-state index contributed by atoms with van der Waals surface area (Å²) in [6, 6.07) is 26.0. The van der Waals surface area contributed by atoms with Crippen LogP contribution in [0.2, 0.25) is 0 Å². The smallest absolute Gasteiger partial charge is 0.330 e. The van der Waals surface area contributed by atoms with Crippen molar-refractivity contribution in [2.75, 3.05) is 13.2 Å². The molecule has 0 saturated carbocycles. The van der Waals surface area contributed by atoms with Crippen LogP contribution in [0.15, 0.2) is 112 Å². The molecule has 0 spiro atoms. The van der Waals surface area contributed by atoms with Gasteiger partial charge in [0.2, 0.25) is 0 Å². The van der Waals surface area contributed by atoms with Gasteiger partial charge >= 0.3 is 11.7 Å². The number of aryl methyl sites for hydroxylation is 1. The molecule has 13 heteroatoms. The van der Waals surface area contributed by atoms with E-state index >= 15 is 0 Å². The molecule has 1 aromatic heterocycles. The quantitative estimate of drug-likeness (QED) is 0.156. The van der Waals surface area contributed by atoms with Gasteiger partial charge in [-0.05, 0) is 30.2 Å². The Morgan fingerprint density at radius 1 is 0.915 bits per heavy atom. The summed E-state index contributed by atoms with van der Waals surface area (Å²) < 4.78 is 57.7. The average Bonchev–Trinajstić information content (AvgIpc) is 3.32. The molecule has 1 aliphatic heterocycles. The molecule has 4 aromatic rings. The predicted octanol–water partition coefficient (Wildman–Crippen LogP) is 3.64. The van der Waals surface area contributed by atoms with E-state index in [0.717, 1.165) is 27.3 Å². The maximum absolute atomic E-state index is 13.1. The van der Waals surface area contributed by atoms with Gasteiger partial charge in [0.05, 0.1) is 31.3 Å². The second-order valence-electron chi connectivity index (χ2n) is 11.2. The number of aromatic nitrogens is 2. The Morgan fingerprint density at radius 3 is 2.17 bits per heavy atom. The number of ether oxygens (including phenoxy) is 4. The largest absolute Gasteiger partial charge is 0.455 e. The van der Waals surface area contributed by atoms with Crippen LogP contribution in [0.5, 0.6) is 0 Å². The number of rotatable bonds is 14. The second kappa shape index (κ2) is 15.0. The number of aromatic amines is 1. The zero-order chi connectivity index (χ0) is 33.4. The summed E-state index contributed by atoms with van der Waals surface area (Å²) in [5.74, 6) is -0.673. The molecule has 0 unspecified atom stereocenters. The number of carbonyl (C=O) groups excluding carboxylic acids is 1. The van der Waals surface area contributed by atoms with Gasteiger partial charge in [-0.25, -0.2) is 4.79 Å². The van der Waals surface area contributed by atoms with Crippen molar-refractivity contribution < 1.29 is 36.3 Å². The van der Waals surface area contributed by atoms with Crippen molar-refractivity contribution in [2.45, 2.75) is 62.4 Å². The lowest BCUT2D eigenvalue weighted by Crippen LogP contribution is -2.50. The molecular weight excluding hydrogens is 628 g/mol. The molecular formula is C34H36N2O10S. The molecule has 1 aliphatic rings. The molecule has 4 atom stereocenters. The van der Waals surface area contributed by atoms with Crippen LogP contribution in [0.25, 0.3) is 0 Å². The third-order valence-corrected chi connectivity index (χ3v) is 9.01. The predicted molar refractivity (Wildman–Crippen MR) is 170 cm³/mol. The molecule has 248 valence electrons. The second-order valence-corrected chi connectivity index (χ2v) is 12.8. The Kier molecular flexibility index (Phi) is 10.8. The van der Waals surface area contributed by atoms with Crippen molar-refractivity contribution in [3.05, 3.63) is 135 Å². The number of hydrogen-bond donors (Lipinski definition) is 1. The first-order valence-electron chi connectivity index (χ1n) is 15.0. The summed E-state index contributed by atoms with van der Waals surface area (Å²) in [5.41, 5.74) is -0.386. The van der Waals surface area contributed by atoms with Crippen LogP contribution in [-0.2, 0) is 51.3 Å². The van der Waals surface area contributed by atoms with Crippen molar-refractivity contribution in [3.8, 4) is 0 Å². The Bertz CT molecular complexity index is 1860. The highest BCUT2D eigenvalue weighted by atomic mass is 32.2. The first-order chi connectivity index (χ1) is 22.6. The van der Waals surface area contributed by atoms with E-state index in [1.54, 1.807) is 12.1 Å². The van der Waals surface area contributed by atoms with Crippen molar-refractivity contribution in [2.24, 2.45) is 0 Å². The fourth-order valence-corrected chi connectivity index (χ4v) is 6.30. The SMILES string of the molecule is CC(=O)O[C@H]1[C@H](n2ccc(=O)[nH]c2=O)O[C@](CCOS(=O)(=O)c2ccc(C)cc2)(COCc2ccccc2)[C@H]1OCc1ccccc1. The van der Waals surface area contributed by atoms with E-state index in [9.17, 15) is 22.8 Å². The van der Waals surface area contributed by atoms with Crippen LogP contribution in [0, 0.1) is 6.92 Å². The molecule has 0 aliphatic carbocycles. The Hall–Kier alpha value is -4.40. The van der Waals surface area contributed by atoms with E-state index < -0.39 is 51.4 Å². The van der Waals surface area contributed by atoms with E-state index in [1.165, 1.54) is 25.3 Å². The number of nitrogens with one attached hydrogen (secondary N) is 1. The monoisotopic (exact) mass is 664 g/mol. The van der Waals surface area contributed by atoms with Crippen LogP contribution >= 0.6 is 0 Å². The van der Waals surface area contributed by atoms with Crippen molar-refractivity contribution in [3.63, 3.8) is 0 Å². The van der Waals surface area contributed by atoms with Crippen molar-refractivity contribution in [1.82, 2.24) is 9.55 Å². The first-order valence-corrected chi connectivity index (χ1v) is 16.4. The molecule has 3 aromatic carbocycles. The summed E-state index contributed by atoms with van der Waals surface area (Å²) in [4.78, 5) is 39.5. The maximum Gasteiger partial charge on any atom is 0.330 e. The fraction of sp³-hybridized carbons (Fsp3) is 0.324. The summed E-state index contributed by atoms with van der Waals surface area (Å²) in [6.45, 7) is 2.75. The molecule has 0 bridgehead atoms. The van der Waals surface area contributed by atoms with Gasteiger partial charge in [-0.3, -0.25) is 23.3 Å². The lowest BCUT2D eigenvalue weighted by Gasteiger charge is -2.34. The highest BCUT2D eigenvalue weighted by Crippen LogP contribution is 2.43. The van der Waals surface area contributed by atoms with Crippen LogP contribution < -0.4 is 11.2 Å². The number of nitrogens with zero attached hydrogens (tertiary/aromatic N) is 1. The summed E-state index contributed by atoms with van der Waals surface area (Å²) in [5, 5.41) is 0. The number of carbonyl (C=O) groups is 1. The molecule has 5 rings (SSSR count). The Balaban J connectivity index is 1.52. The molecule has 1 fully saturated rings. The number of H-pyrrole nitrogens is 1. The molecule has 2 heterocycles. The third-order valence-electron chi connectivity index (χ3n) is 7.68. The molecule has 0 radical (unpaired) electrons. The minimum absolute atomic E-state index is 0.0165. The standard InChI is InChI=1S/C34H36N2O10S/c1-24-13-15-28(16-14-24)47(40,41)44-20-18-34(23-42-21-26-9-5-3-6-10-26)31(43-22-27-11-7-4-8-12-27)30(45-25(2)37)32(46-34)36-19-17-29(38)35-33(36)39/h3-17,19,30-32H,18,20-23H2,1-2H3,(H,35,38,39)/t30-,31+,32-,34-/m1/s1. The van der Waals surface area contributed by atoms with Gasteiger partial charge in [-0.2, -0.15) is 8.42 Å². The van der Waals surface area contributed by atoms with Gasteiger partial charge in [-0.15, -0.1) is 0 Å². The average molecular weight is 665 g/mol. The van der Waals surface area contributed by atoms with Crippen LogP contribution in [0.4, 0.5) is 0 Å². The summed E-state index contributed by atoms with van der Waals surface area (Å²) >= 11 is 0. The van der Waals surface area contributed by atoms with E-state index in [-0.39, 0.29) is 37.7 Å². The van der Waals surface area contributed by atoms with E-state index in [1.807, 2.05) is 67.6 Å². The topological polar surface area (TPSA) is 152 Å². The Labute approximate surface area is 272 Å². The fourth-order valence-electron chi connectivity index (χ4n) is 5.39. The van der Waals surface area contributed by atoms with Gasteiger partial charge in [0.15, 0.2) is 12.3 Å². The zero-order valence-corrected chi connectivity index (χ0v) is 26.8. The highest BCUT2D eigenvalue weighted by molar-refractivity contribution is 7.86. The summed E-state index contributed by atoms with van der Waals surface area (Å²) in [7, 11) is -4.16. The minimum atomic E-state index is -4.16. The van der Waals surface area contributed by atoms with Crippen molar-refractivity contribution in [1.29, 1.82) is 0 Å². The molecule has 1 saturated heterocycles. The number of benzene rings is 3. The van der Waals surface area contributed by atoms with E-state index in [0.29, 0.717) is 0 Å². The molecule has 1 N–H and O–H groups in total. The molecule has 12 nitrogen and oxygen atoms in total.